The van der Waals surface area contributed by atoms with E-state index in [1.165, 1.54) is 0 Å². The minimum absolute atomic E-state index is 0.116. The van der Waals surface area contributed by atoms with E-state index in [-0.39, 0.29) is 6.61 Å². The van der Waals surface area contributed by atoms with Gasteiger partial charge in [-0.25, -0.2) is 4.98 Å². The summed E-state index contributed by atoms with van der Waals surface area (Å²) < 4.78 is 42.4. The van der Waals surface area contributed by atoms with E-state index in [0.717, 1.165) is 18.8 Å². The van der Waals surface area contributed by atoms with E-state index in [4.69, 9.17) is 5.84 Å². The summed E-state index contributed by atoms with van der Waals surface area (Å²) in [5, 5.41) is 0. The zero-order chi connectivity index (χ0) is 14.3. The average Bonchev–Trinajstić information content (AvgIpc) is 2.74. The highest BCUT2D eigenvalue weighted by Crippen LogP contribution is 2.14. The zero-order valence-electron chi connectivity index (χ0n) is 10.8. The summed E-state index contributed by atoms with van der Waals surface area (Å²) in [6, 6.07) is -0.402. The van der Waals surface area contributed by atoms with Gasteiger partial charge in [0.25, 0.3) is 0 Å². The number of hydrogen-bond acceptors (Lipinski definition) is 4. The van der Waals surface area contributed by atoms with E-state index < -0.39 is 18.8 Å². The van der Waals surface area contributed by atoms with Crippen LogP contribution in [0.15, 0.2) is 12.4 Å². The van der Waals surface area contributed by atoms with Gasteiger partial charge in [-0.15, -0.1) is 0 Å². The second kappa shape index (κ2) is 7.46. The molecule has 1 rings (SSSR count). The highest BCUT2D eigenvalue weighted by molar-refractivity contribution is 4.95. The molecule has 8 heteroatoms. The highest BCUT2D eigenvalue weighted by Gasteiger charge is 2.28. The van der Waals surface area contributed by atoms with Crippen LogP contribution in [0.2, 0.25) is 0 Å². The molecule has 0 bridgehead atoms. The summed E-state index contributed by atoms with van der Waals surface area (Å²) in [5.41, 5.74) is 2.45. The standard InChI is InChI=1S/C11H19F3N4O/c1-2-4-18-5-3-16-10(18)6-9(17-15)7-19-8-11(12,13)14/h3,5,9,17H,2,4,6-8,15H2,1H3. The van der Waals surface area contributed by atoms with Gasteiger partial charge in [0, 0.05) is 25.4 Å². The molecule has 19 heavy (non-hydrogen) atoms. The lowest BCUT2D eigenvalue weighted by Gasteiger charge is -2.17. The maximum atomic E-state index is 12.0. The molecule has 0 aliphatic heterocycles. The third-order valence-electron chi connectivity index (χ3n) is 2.52. The molecule has 3 N–H and O–H groups in total. The molecule has 1 aromatic heterocycles. The molecule has 0 aliphatic rings. The zero-order valence-corrected chi connectivity index (χ0v) is 10.8. The van der Waals surface area contributed by atoms with Crippen LogP contribution in [-0.2, 0) is 17.7 Å². The Kier molecular flexibility index (Phi) is 6.26. The van der Waals surface area contributed by atoms with Crippen molar-refractivity contribution in [2.24, 2.45) is 5.84 Å². The number of hydrogen-bond donors (Lipinski definition) is 2. The quantitative estimate of drug-likeness (QED) is 0.555. The molecule has 1 aromatic rings. The van der Waals surface area contributed by atoms with Crippen molar-refractivity contribution in [3.05, 3.63) is 18.2 Å². The number of nitrogens with two attached hydrogens (primary N) is 1. The van der Waals surface area contributed by atoms with Crippen LogP contribution in [0.1, 0.15) is 19.2 Å². The van der Waals surface area contributed by atoms with E-state index in [1.807, 2.05) is 17.7 Å². The molecule has 1 heterocycles. The van der Waals surface area contributed by atoms with E-state index in [1.54, 1.807) is 6.20 Å². The number of nitrogens with zero attached hydrogens (tertiary/aromatic N) is 2. The fourth-order valence-corrected chi connectivity index (χ4v) is 1.68. The predicted molar refractivity (Wildman–Crippen MR) is 64.2 cm³/mol. The Morgan fingerprint density at radius 1 is 1.53 bits per heavy atom. The van der Waals surface area contributed by atoms with E-state index in [2.05, 4.69) is 15.1 Å². The third kappa shape index (κ3) is 6.04. The van der Waals surface area contributed by atoms with Crippen LogP contribution in [-0.4, -0.2) is 35.0 Å². The summed E-state index contributed by atoms with van der Waals surface area (Å²) in [5.74, 6) is 6.09. The van der Waals surface area contributed by atoms with Crippen molar-refractivity contribution in [2.45, 2.75) is 38.5 Å². The molecule has 0 saturated carbocycles. The number of hydrazine groups is 1. The second-order valence-corrected chi connectivity index (χ2v) is 4.23. The number of halogens is 3. The van der Waals surface area contributed by atoms with Crippen molar-refractivity contribution in [2.75, 3.05) is 13.2 Å². The van der Waals surface area contributed by atoms with Gasteiger partial charge in [0.05, 0.1) is 12.6 Å². The number of alkyl halides is 3. The number of imidazole rings is 1. The van der Waals surface area contributed by atoms with Crippen molar-refractivity contribution in [3.8, 4) is 0 Å². The van der Waals surface area contributed by atoms with Gasteiger partial charge < -0.3 is 9.30 Å². The molecule has 110 valence electrons. The second-order valence-electron chi connectivity index (χ2n) is 4.23. The molecule has 0 fully saturated rings. The van der Waals surface area contributed by atoms with E-state index >= 15 is 0 Å². The first-order valence-corrected chi connectivity index (χ1v) is 6.07. The topological polar surface area (TPSA) is 65.1 Å². The van der Waals surface area contributed by atoms with Gasteiger partial charge in [-0.05, 0) is 6.42 Å². The number of aromatic nitrogens is 2. The molecule has 0 aromatic carbocycles. The number of aryl methyl sites for hydroxylation is 1. The molecular weight excluding hydrogens is 261 g/mol. The van der Waals surface area contributed by atoms with Gasteiger partial charge in [-0.1, -0.05) is 6.92 Å². The molecule has 0 saturated heterocycles. The summed E-state index contributed by atoms with van der Waals surface area (Å²) in [7, 11) is 0. The molecule has 1 unspecified atom stereocenters. The van der Waals surface area contributed by atoms with E-state index in [9.17, 15) is 13.2 Å². The Morgan fingerprint density at radius 3 is 2.84 bits per heavy atom. The molecule has 1 atom stereocenters. The molecule has 0 aliphatic carbocycles. The summed E-state index contributed by atoms with van der Waals surface area (Å²) in [6.45, 7) is 1.47. The Morgan fingerprint density at radius 2 is 2.26 bits per heavy atom. The number of ether oxygens (including phenoxy) is 1. The smallest absolute Gasteiger partial charge is 0.370 e. The highest BCUT2D eigenvalue weighted by atomic mass is 19.4. The monoisotopic (exact) mass is 280 g/mol. The van der Waals surface area contributed by atoms with Crippen molar-refractivity contribution < 1.29 is 17.9 Å². The number of rotatable bonds is 8. The Hall–Kier alpha value is -1.12. The largest absolute Gasteiger partial charge is 0.411 e. The van der Waals surface area contributed by atoms with Crippen molar-refractivity contribution in [1.82, 2.24) is 15.0 Å². The van der Waals surface area contributed by atoms with Crippen LogP contribution in [0.3, 0.4) is 0 Å². The predicted octanol–water partition coefficient (Wildman–Crippen LogP) is 1.25. The molecule has 5 nitrogen and oxygen atoms in total. The molecule has 0 spiro atoms. The first kappa shape index (κ1) is 15.9. The summed E-state index contributed by atoms with van der Waals surface area (Å²) in [6.07, 6.45) is 0.550. The average molecular weight is 280 g/mol. The minimum Gasteiger partial charge on any atom is -0.370 e. The maximum absolute atomic E-state index is 12.0. The maximum Gasteiger partial charge on any atom is 0.411 e. The van der Waals surface area contributed by atoms with Crippen LogP contribution in [0, 0.1) is 0 Å². The molecule has 0 radical (unpaired) electrons. The van der Waals surface area contributed by atoms with Gasteiger partial charge >= 0.3 is 6.18 Å². The van der Waals surface area contributed by atoms with Crippen LogP contribution in [0.25, 0.3) is 0 Å². The van der Waals surface area contributed by atoms with Crippen LogP contribution in [0.4, 0.5) is 13.2 Å². The van der Waals surface area contributed by atoms with Crippen molar-refractivity contribution in [3.63, 3.8) is 0 Å². The fraction of sp³-hybridized carbons (Fsp3) is 0.727. The summed E-state index contributed by atoms with van der Waals surface area (Å²) >= 11 is 0. The first-order chi connectivity index (χ1) is 8.96. The Balaban J connectivity index is 2.45. The first-order valence-electron chi connectivity index (χ1n) is 6.07. The van der Waals surface area contributed by atoms with Gasteiger partial charge in [0.2, 0.25) is 0 Å². The normalized spacial score (nSPS) is 13.7. The van der Waals surface area contributed by atoms with E-state index in [0.29, 0.717) is 6.42 Å². The number of nitrogens with one attached hydrogen (secondary N) is 1. The fourth-order valence-electron chi connectivity index (χ4n) is 1.68. The van der Waals surface area contributed by atoms with Gasteiger partial charge in [0.1, 0.15) is 12.4 Å². The van der Waals surface area contributed by atoms with Gasteiger partial charge in [-0.2, -0.15) is 13.2 Å². The molecular formula is C11H19F3N4O. The summed E-state index contributed by atoms with van der Waals surface area (Å²) in [4.78, 5) is 4.17. The van der Waals surface area contributed by atoms with Crippen molar-refractivity contribution in [1.29, 1.82) is 0 Å². The lowest BCUT2D eigenvalue weighted by Crippen LogP contribution is -2.41. The van der Waals surface area contributed by atoms with Crippen molar-refractivity contribution >= 4 is 0 Å². The Bertz CT molecular complexity index is 367. The van der Waals surface area contributed by atoms with Crippen LogP contribution < -0.4 is 11.3 Å². The Labute approximate surface area is 109 Å². The van der Waals surface area contributed by atoms with Gasteiger partial charge in [0.15, 0.2) is 0 Å². The molecule has 0 amide bonds. The van der Waals surface area contributed by atoms with Crippen LogP contribution >= 0.6 is 0 Å². The lowest BCUT2D eigenvalue weighted by molar-refractivity contribution is -0.175. The van der Waals surface area contributed by atoms with Crippen LogP contribution in [0.5, 0.6) is 0 Å². The lowest BCUT2D eigenvalue weighted by atomic mass is 10.2. The third-order valence-corrected chi connectivity index (χ3v) is 2.52. The minimum atomic E-state index is -4.32. The van der Waals surface area contributed by atoms with Gasteiger partial charge in [-0.3, -0.25) is 11.3 Å². The SMILES string of the molecule is CCCn1ccnc1CC(COCC(F)(F)F)NN.